The predicted molar refractivity (Wildman–Crippen MR) is 130 cm³/mol. The third-order valence-electron chi connectivity index (χ3n) is 5.37. The SMILES string of the molecule is COC(=O)c1c(C)[nH]c(C(=O)C(C)Sc2nnc(-c3cccs3)n2Cc2ccccc2)c1C. The number of Topliss-reactive ketones (excluding diaryl/α,β-unsaturated/α-hetero) is 1. The van der Waals surface area contributed by atoms with E-state index >= 15 is 0 Å². The monoisotopic (exact) mass is 480 g/mol. The number of esters is 1. The second-order valence-electron chi connectivity index (χ2n) is 7.60. The van der Waals surface area contributed by atoms with E-state index in [1.807, 2.05) is 47.2 Å². The van der Waals surface area contributed by atoms with E-state index in [4.69, 9.17) is 4.74 Å². The number of carbonyl (C=O) groups is 2. The fourth-order valence-corrected chi connectivity index (χ4v) is 5.32. The molecule has 4 rings (SSSR count). The van der Waals surface area contributed by atoms with Crippen LogP contribution < -0.4 is 0 Å². The second kappa shape index (κ2) is 9.76. The van der Waals surface area contributed by atoms with E-state index in [0.29, 0.717) is 34.2 Å². The van der Waals surface area contributed by atoms with E-state index in [9.17, 15) is 9.59 Å². The minimum absolute atomic E-state index is 0.109. The summed E-state index contributed by atoms with van der Waals surface area (Å²) in [5, 5.41) is 11.1. The molecule has 0 aliphatic carbocycles. The first kappa shape index (κ1) is 23.0. The summed E-state index contributed by atoms with van der Waals surface area (Å²) in [5.74, 6) is 0.211. The molecule has 1 aromatic carbocycles. The molecule has 3 heterocycles. The molecule has 1 unspecified atom stereocenters. The van der Waals surface area contributed by atoms with Gasteiger partial charge in [-0.15, -0.1) is 21.5 Å². The van der Waals surface area contributed by atoms with Crippen LogP contribution in [0.5, 0.6) is 0 Å². The number of methoxy groups -OCH3 is 1. The number of aryl methyl sites for hydroxylation is 1. The van der Waals surface area contributed by atoms with Crippen LogP contribution >= 0.6 is 23.1 Å². The number of ketones is 1. The normalized spacial score (nSPS) is 12.0. The summed E-state index contributed by atoms with van der Waals surface area (Å²) in [4.78, 5) is 29.5. The molecular formula is C24H24N4O3S2. The maximum Gasteiger partial charge on any atom is 0.339 e. The van der Waals surface area contributed by atoms with Crippen LogP contribution in [0.4, 0.5) is 0 Å². The lowest BCUT2D eigenvalue weighted by molar-refractivity contribution is 0.0599. The second-order valence-corrected chi connectivity index (χ2v) is 9.85. The van der Waals surface area contributed by atoms with Crippen molar-refractivity contribution in [3.63, 3.8) is 0 Å². The summed E-state index contributed by atoms with van der Waals surface area (Å²) < 4.78 is 6.91. The lowest BCUT2D eigenvalue weighted by Crippen LogP contribution is -2.17. The van der Waals surface area contributed by atoms with Crippen LogP contribution in [-0.4, -0.2) is 43.9 Å². The van der Waals surface area contributed by atoms with Gasteiger partial charge in [0.25, 0.3) is 0 Å². The molecular weight excluding hydrogens is 456 g/mol. The summed E-state index contributed by atoms with van der Waals surface area (Å²) in [6.45, 7) is 5.95. The molecule has 0 bridgehead atoms. The number of thiophene rings is 1. The Morgan fingerprint density at radius 1 is 1.15 bits per heavy atom. The average molecular weight is 481 g/mol. The number of thioether (sulfide) groups is 1. The van der Waals surface area contributed by atoms with Crippen LogP contribution in [0.15, 0.2) is 53.0 Å². The van der Waals surface area contributed by atoms with Gasteiger partial charge in [0.05, 0.1) is 35.0 Å². The zero-order valence-electron chi connectivity index (χ0n) is 18.8. The van der Waals surface area contributed by atoms with Gasteiger partial charge in [-0.3, -0.25) is 9.36 Å². The van der Waals surface area contributed by atoms with Crippen LogP contribution in [0.1, 0.15) is 44.6 Å². The molecule has 7 nitrogen and oxygen atoms in total. The lowest BCUT2D eigenvalue weighted by atomic mass is 10.1. The number of aromatic nitrogens is 4. The summed E-state index contributed by atoms with van der Waals surface area (Å²) in [6.07, 6.45) is 0. The molecule has 0 saturated heterocycles. The van der Waals surface area contributed by atoms with Crippen molar-refractivity contribution >= 4 is 34.9 Å². The van der Waals surface area contributed by atoms with Crippen LogP contribution in [0, 0.1) is 13.8 Å². The molecule has 170 valence electrons. The minimum atomic E-state index is -0.455. The summed E-state index contributed by atoms with van der Waals surface area (Å²) in [7, 11) is 1.33. The van der Waals surface area contributed by atoms with E-state index < -0.39 is 11.2 Å². The molecule has 0 aliphatic heterocycles. The molecule has 0 aliphatic rings. The highest BCUT2D eigenvalue weighted by atomic mass is 32.2. The van der Waals surface area contributed by atoms with E-state index in [-0.39, 0.29) is 5.78 Å². The summed E-state index contributed by atoms with van der Waals surface area (Å²) >= 11 is 2.96. The number of H-pyrrole nitrogens is 1. The molecule has 3 aromatic heterocycles. The standard InChI is InChI=1S/C24H24N4O3S2/c1-14-19(23(30)31-4)15(2)25-20(14)21(29)16(3)33-24-27-26-22(18-11-8-12-32-18)28(24)13-17-9-6-5-7-10-17/h5-12,16,25H,13H2,1-4H3. The van der Waals surface area contributed by atoms with Crippen LogP contribution in [0.25, 0.3) is 10.7 Å². The van der Waals surface area contributed by atoms with Gasteiger partial charge in [0.2, 0.25) is 0 Å². The van der Waals surface area contributed by atoms with Gasteiger partial charge in [-0.25, -0.2) is 4.79 Å². The van der Waals surface area contributed by atoms with Gasteiger partial charge in [-0.2, -0.15) is 0 Å². The van der Waals surface area contributed by atoms with Crippen LogP contribution in [0.2, 0.25) is 0 Å². The van der Waals surface area contributed by atoms with Gasteiger partial charge in [0.1, 0.15) is 0 Å². The Morgan fingerprint density at radius 2 is 1.91 bits per heavy atom. The van der Waals surface area contributed by atoms with Gasteiger partial charge < -0.3 is 9.72 Å². The zero-order chi connectivity index (χ0) is 23.5. The van der Waals surface area contributed by atoms with Gasteiger partial charge in [0, 0.05) is 5.69 Å². The van der Waals surface area contributed by atoms with Crippen molar-refractivity contribution in [3.8, 4) is 10.7 Å². The van der Waals surface area contributed by atoms with Gasteiger partial charge >= 0.3 is 5.97 Å². The van der Waals surface area contributed by atoms with Crippen LogP contribution in [-0.2, 0) is 11.3 Å². The Hall–Kier alpha value is -3.17. The minimum Gasteiger partial charge on any atom is -0.465 e. The molecule has 0 saturated carbocycles. The first-order valence-electron chi connectivity index (χ1n) is 10.4. The Balaban J connectivity index is 1.64. The maximum absolute atomic E-state index is 13.3. The first-order chi connectivity index (χ1) is 15.9. The number of nitrogens with one attached hydrogen (secondary N) is 1. The molecule has 4 aromatic rings. The van der Waals surface area contributed by atoms with Crippen molar-refractivity contribution in [2.24, 2.45) is 0 Å². The number of hydrogen-bond donors (Lipinski definition) is 1. The molecule has 33 heavy (non-hydrogen) atoms. The van der Waals surface area contributed by atoms with Crippen LogP contribution in [0.3, 0.4) is 0 Å². The molecule has 0 spiro atoms. The lowest BCUT2D eigenvalue weighted by Gasteiger charge is -2.13. The number of aromatic amines is 1. The third kappa shape index (κ3) is 4.65. The van der Waals surface area contributed by atoms with Crippen molar-refractivity contribution < 1.29 is 14.3 Å². The first-order valence-corrected chi connectivity index (χ1v) is 12.2. The number of hydrogen-bond acceptors (Lipinski definition) is 7. The van der Waals surface area contributed by atoms with E-state index in [2.05, 4.69) is 27.3 Å². The Kier molecular flexibility index (Phi) is 6.80. The summed E-state index contributed by atoms with van der Waals surface area (Å²) in [5.41, 5.74) is 3.16. The van der Waals surface area contributed by atoms with Crippen molar-refractivity contribution in [1.29, 1.82) is 0 Å². The van der Waals surface area contributed by atoms with E-state index in [0.717, 1.165) is 16.3 Å². The smallest absolute Gasteiger partial charge is 0.339 e. The summed E-state index contributed by atoms with van der Waals surface area (Å²) in [6, 6.07) is 14.1. The number of rotatable bonds is 8. The fraction of sp³-hybridized carbons (Fsp3) is 0.250. The van der Waals surface area contributed by atoms with E-state index in [1.165, 1.54) is 18.9 Å². The fourth-order valence-electron chi connectivity index (χ4n) is 3.69. The third-order valence-corrected chi connectivity index (χ3v) is 7.31. The highest BCUT2D eigenvalue weighted by Crippen LogP contribution is 2.32. The molecule has 0 amide bonds. The quantitative estimate of drug-likeness (QED) is 0.213. The predicted octanol–water partition coefficient (Wildman–Crippen LogP) is 5.15. The van der Waals surface area contributed by atoms with E-state index in [1.54, 1.807) is 25.2 Å². The van der Waals surface area contributed by atoms with Crippen molar-refractivity contribution in [3.05, 3.63) is 75.9 Å². The Labute approximate surface area is 200 Å². The van der Waals surface area contributed by atoms with Crippen molar-refractivity contribution in [1.82, 2.24) is 19.7 Å². The zero-order valence-corrected chi connectivity index (χ0v) is 20.4. The average Bonchev–Trinajstić information content (AvgIpc) is 3.54. The number of benzene rings is 1. The van der Waals surface area contributed by atoms with Gasteiger partial charge in [-0.1, -0.05) is 48.2 Å². The van der Waals surface area contributed by atoms with Crippen molar-refractivity contribution in [2.75, 3.05) is 7.11 Å². The number of carbonyl (C=O) groups excluding carboxylic acids is 2. The molecule has 0 radical (unpaired) electrons. The number of nitrogens with zero attached hydrogens (tertiary/aromatic N) is 3. The Bertz CT molecular complexity index is 1280. The molecule has 0 fully saturated rings. The molecule has 9 heteroatoms. The Morgan fingerprint density at radius 3 is 2.58 bits per heavy atom. The molecule has 1 atom stereocenters. The highest BCUT2D eigenvalue weighted by molar-refractivity contribution is 8.00. The highest BCUT2D eigenvalue weighted by Gasteiger charge is 2.27. The molecule has 1 N–H and O–H groups in total. The van der Waals surface area contributed by atoms with Gasteiger partial charge in [0.15, 0.2) is 16.8 Å². The van der Waals surface area contributed by atoms with Gasteiger partial charge in [-0.05, 0) is 43.3 Å². The number of ether oxygens (including phenoxy) is 1. The topological polar surface area (TPSA) is 89.9 Å². The maximum atomic E-state index is 13.3. The van der Waals surface area contributed by atoms with Crippen molar-refractivity contribution in [2.45, 2.75) is 37.7 Å². The largest absolute Gasteiger partial charge is 0.465 e.